The lowest BCUT2D eigenvalue weighted by atomic mass is 9.40. The van der Waals surface area contributed by atoms with E-state index in [0.29, 0.717) is 34.9 Å². The number of aliphatic hydroxyl groups excluding tert-OH is 1. The van der Waals surface area contributed by atoms with Crippen molar-refractivity contribution in [3.8, 4) is 0 Å². The molecule has 1 N–H and O–H groups in total. The second-order valence-electron chi connectivity index (χ2n) is 10.1. The summed E-state index contributed by atoms with van der Waals surface area (Å²) in [6.07, 6.45) is 7.68. The van der Waals surface area contributed by atoms with E-state index in [1.807, 2.05) is 0 Å². The lowest BCUT2D eigenvalue weighted by molar-refractivity contribution is -0.182. The van der Waals surface area contributed by atoms with Gasteiger partial charge in [0.15, 0.2) is 0 Å². The molecule has 0 aromatic carbocycles. The second kappa shape index (κ2) is 4.37. The molecule has 22 heavy (non-hydrogen) atoms. The van der Waals surface area contributed by atoms with Gasteiger partial charge in [0, 0.05) is 12.3 Å². The van der Waals surface area contributed by atoms with Gasteiger partial charge in [-0.15, -0.1) is 0 Å². The van der Waals surface area contributed by atoms with Gasteiger partial charge in [-0.2, -0.15) is 0 Å². The fourth-order valence-corrected chi connectivity index (χ4v) is 7.73. The highest BCUT2D eigenvalue weighted by molar-refractivity contribution is 5.83. The molecule has 2 bridgehead atoms. The largest absolute Gasteiger partial charge is 0.393 e. The molecule has 0 saturated heterocycles. The molecule has 0 amide bonds. The molecule has 7 unspecified atom stereocenters. The quantitative estimate of drug-likeness (QED) is 0.728. The molecule has 2 heteroatoms. The average Bonchev–Trinajstić information content (AvgIpc) is 2.72. The van der Waals surface area contributed by atoms with Crippen LogP contribution >= 0.6 is 0 Å². The Morgan fingerprint density at radius 2 is 1.77 bits per heavy atom. The van der Waals surface area contributed by atoms with Crippen molar-refractivity contribution < 1.29 is 9.90 Å². The number of carbonyl (C=O) groups excluding carboxylic acids is 1. The van der Waals surface area contributed by atoms with E-state index in [-0.39, 0.29) is 16.9 Å². The van der Waals surface area contributed by atoms with Gasteiger partial charge in [-0.25, -0.2) is 0 Å². The number of aliphatic hydroxyl groups is 1. The summed E-state index contributed by atoms with van der Waals surface area (Å²) in [6, 6.07) is 0. The highest BCUT2D eigenvalue weighted by Crippen LogP contribution is 2.71. The Labute approximate surface area is 135 Å². The van der Waals surface area contributed by atoms with Gasteiger partial charge in [-0.3, -0.25) is 4.79 Å². The maximum atomic E-state index is 12.7. The van der Waals surface area contributed by atoms with Gasteiger partial charge in [0.05, 0.1) is 6.10 Å². The second-order valence-corrected chi connectivity index (χ2v) is 10.1. The van der Waals surface area contributed by atoms with Gasteiger partial charge in [-0.05, 0) is 72.5 Å². The third kappa shape index (κ3) is 1.68. The SMILES string of the molecule is CC1CC23CCC4C(C)(C)C(O)CCC4(C)C2CC(=O)C1C3. The van der Waals surface area contributed by atoms with E-state index >= 15 is 0 Å². The molecule has 7 atom stereocenters. The third-order valence-electron chi connectivity index (χ3n) is 8.84. The number of Topliss-reactive ketones (excluding diaryl/α,β-unsaturated/α-hetero) is 1. The molecule has 4 fully saturated rings. The van der Waals surface area contributed by atoms with Crippen LogP contribution in [-0.2, 0) is 4.79 Å². The molecule has 0 radical (unpaired) electrons. The zero-order valence-electron chi connectivity index (χ0n) is 14.7. The van der Waals surface area contributed by atoms with Crippen LogP contribution in [0, 0.1) is 39.9 Å². The maximum Gasteiger partial charge on any atom is 0.136 e. The Morgan fingerprint density at radius 3 is 2.50 bits per heavy atom. The monoisotopic (exact) mass is 304 g/mol. The molecule has 0 aliphatic heterocycles. The summed E-state index contributed by atoms with van der Waals surface area (Å²) in [5.41, 5.74) is 0.700. The number of hydrogen-bond acceptors (Lipinski definition) is 2. The van der Waals surface area contributed by atoms with Crippen molar-refractivity contribution in [1.82, 2.24) is 0 Å². The zero-order valence-corrected chi connectivity index (χ0v) is 14.7. The molecule has 1 spiro atoms. The summed E-state index contributed by atoms with van der Waals surface area (Å²) in [5, 5.41) is 10.5. The molecule has 0 heterocycles. The summed E-state index contributed by atoms with van der Waals surface area (Å²) in [4.78, 5) is 12.7. The van der Waals surface area contributed by atoms with Crippen LogP contribution in [-0.4, -0.2) is 17.0 Å². The van der Waals surface area contributed by atoms with Gasteiger partial charge >= 0.3 is 0 Å². The van der Waals surface area contributed by atoms with Crippen molar-refractivity contribution in [1.29, 1.82) is 0 Å². The summed E-state index contributed by atoms with van der Waals surface area (Å²) in [6.45, 7) is 9.31. The van der Waals surface area contributed by atoms with Gasteiger partial charge in [0.25, 0.3) is 0 Å². The van der Waals surface area contributed by atoms with Crippen LogP contribution in [0.4, 0.5) is 0 Å². The smallest absolute Gasteiger partial charge is 0.136 e. The third-order valence-corrected chi connectivity index (χ3v) is 8.84. The predicted octanol–water partition coefficient (Wildman–Crippen LogP) is 4.21. The molecule has 4 saturated carbocycles. The normalized spacial score (nSPS) is 56.4. The Hall–Kier alpha value is -0.370. The molecule has 0 aromatic heterocycles. The van der Waals surface area contributed by atoms with Crippen LogP contribution in [0.25, 0.3) is 0 Å². The van der Waals surface area contributed by atoms with Crippen molar-refractivity contribution in [3.63, 3.8) is 0 Å². The summed E-state index contributed by atoms with van der Waals surface area (Å²) in [7, 11) is 0. The lowest BCUT2D eigenvalue weighted by Gasteiger charge is -2.64. The molecule has 2 nitrogen and oxygen atoms in total. The first-order valence-corrected chi connectivity index (χ1v) is 9.41. The Morgan fingerprint density at radius 1 is 1.05 bits per heavy atom. The predicted molar refractivity (Wildman–Crippen MR) is 87.3 cm³/mol. The Balaban J connectivity index is 1.76. The van der Waals surface area contributed by atoms with Crippen molar-refractivity contribution in [2.24, 2.45) is 39.9 Å². The highest BCUT2D eigenvalue weighted by Gasteiger charge is 2.66. The fourth-order valence-electron chi connectivity index (χ4n) is 7.73. The van der Waals surface area contributed by atoms with Crippen LogP contribution < -0.4 is 0 Å². The van der Waals surface area contributed by atoms with Crippen LogP contribution in [0.3, 0.4) is 0 Å². The number of rotatable bonds is 0. The van der Waals surface area contributed by atoms with Crippen LogP contribution in [0.1, 0.15) is 72.6 Å². The Bertz CT molecular complexity index is 510. The van der Waals surface area contributed by atoms with E-state index in [9.17, 15) is 9.90 Å². The average molecular weight is 304 g/mol. The molecule has 4 aliphatic rings. The molecule has 0 aromatic rings. The Kier molecular flexibility index (Phi) is 3.02. The van der Waals surface area contributed by atoms with Gasteiger partial charge in [0.2, 0.25) is 0 Å². The first kappa shape index (κ1) is 15.2. The minimum Gasteiger partial charge on any atom is -0.393 e. The molecule has 4 aliphatic carbocycles. The van der Waals surface area contributed by atoms with E-state index < -0.39 is 0 Å². The topological polar surface area (TPSA) is 37.3 Å². The minimum absolute atomic E-state index is 0.00126. The van der Waals surface area contributed by atoms with Crippen molar-refractivity contribution in [2.45, 2.75) is 78.7 Å². The zero-order chi connectivity index (χ0) is 15.9. The maximum absolute atomic E-state index is 12.7. The first-order chi connectivity index (χ1) is 10.2. The number of fused-ring (bicyclic) bond motifs is 3. The molecule has 4 rings (SSSR count). The summed E-state index contributed by atoms with van der Waals surface area (Å²) >= 11 is 0. The summed E-state index contributed by atoms with van der Waals surface area (Å²) < 4.78 is 0. The standard InChI is InChI=1S/C20H32O2/c1-12-10-20-8-5-15-18(2,3)17(22)6-7-19(15,4)16(20)9-14(21)13(12)11-20/h12-13,15-17,22H,5-11H2,1-4H3. The fraction of sp³-hybridized carbons (Fsp3) is 0.950. The van der Waals surface area contributed by atoms with Crippen molar-refractivity contribution >= 4 is 5.78 Å². The van der Waals surface area contributed by atoms with E-state index in [2.05, 4.69) is 27.7 Å². The number of ketones is 1. The molecule has 124 valence electrons. The highest BCUT2D eigenvalue weighted by atomic mass is 16.3. The molecular weight excluding hydrogens is 272 g/mol. The summed E-state index contributed by atoms with van der Waals surface area (Å²) in [5.74, 6) is 2.65. The first-order valence-electron chi connectivity index (χ1n) is 9.41. The van der Waals surface area contributed by atoms with E-state index in [1.165, 1.54) is 25.7 Å². The molecular formula is C20H32O2. The van der Waals surface area contributed by atoms with Gasteiger partial charge < -0.3 is 5.11 Å². The van der Waals surface area contributed by atoms with Crippen LogP contribution in [0.15, 0.2) is 0 Å². The van der Waals surface area contributed by atoms with Crippen LogP contribution in [0.2, 0.25) is 0 Å². The minimum atomic E-state index is -0.172. The van der Waals surface area contributed by atoms with Crippen molar-refractivity contribution in [2.75, 3.05) is 0 Å². The van der Waals surface area contributed by atoms with Gasteiger partial charge in [-0.1, -0.05) is 27.7 Å². The number of hydrogen-bond donors (Lipinski definition) is 1. The lowest BCUT2D eigenvalue weighted by Crippen LogP contribution is -2.59. The van der Waals surface area contributed by atoms with Crippen LogP contribution in [0.5, 0.6) is 0 Å². The van der Waals surface area contributed by atoms with E-state index in [1.54, 1.807) is 0 Å². The van der Waals surface area contributed by atoms with E-state index in [4.69, 9.17) is 0 Å². The van der Waals surface area contributed by atoms with Crippen molar-refractivity contribution in [3.05, 3.63) is 0 Å². The number of carbonyl (C=O) groups is 1. The van der Waals surface area contributed by atoms with E-state index in [0.717, 1.165) is 19.3 Å². The van der Waals surface area contributed by atoms with Gasteiger partial charge in [0.1, 0.15) is 5.78 Å².